The van der Waals surface area contributed by atoms with Crippen LogP contribution in [0.25, 0.3) is 0 Å². The van der Waals surface area contributed by atoms with Crippen LogP contribution in [0.3, 0.4) is 0 Å². The van der Waals surface area contributed by atoms with Gasteiger partial charge in [-0.05, 0) is 44.9 Å². The Morgan fingerprint density at radius 3 is 2.42 bits per heavy atom. The van der Waals surface area contributed by atoms with Crippen molar-refractivity contribution in [2.24, 2.45) is 0 Å². The first-order valence-electron chi connectivity index (χ1n) is 8.42. The maximum atomic E-state index is 12.7. The molecule has 0 saturated carbocycles. The second kappa shape index (κ2) is 7.56. The first kappa shape index (κ1) is 20.7. The van der Waals surface area contributed by atoms with Gasteiger partial charge in [-0.2, -0.15) is 0 Å². The van der Waals surface area contributed by atoms with Gasteiger partial charge < -0.3 is 14.2 Å². The van der Waals surface area contributed by atoms with E-state index in [9.17, 15) is 9.59 Å². The lowest BCUT2D eigenvalue weighted by Crippen LogP contribution is -2.44. The maximum Gasteiger partial charge on any atom is 0.411 e. The molecule has 0 aliphatic carbocycles. The van der Waals surface area contributed by atoms with E-state index in [0.29, 0.717) is 6.42 Å². The van der Waals surface area contributed by atoms with Gasteiger partial charge >= 0.3 is 12.1 Å². The largest absolute Gasteiger partial charge is 0.467 e. The highest BCUT2D eigenvalue weighted by Gasteiger charge is 2.51. The van der Waals surface area contributed by atoms with Gasteiger partial charge in [-0.3, -0.25) is 4.90 Å². The molecule has 1 saturated heterocycles. The quantitative estimate of drug-likeness (QED) is 0.686. The summed E-state index contributed by atoms with van der Waals surface area (Å²) in [6, 6.07) is 5.11. The van der Waals surface area contributed by atoms with Crippen molar-refractivity contribution in [1.29, 1.82) is 0 Å². The van der Waals surface area contributed by atoms with Crippen molar-refractivity contribution in [2.45, 2.75) is 51.4 Å². The van der Waals surface area contributed by atoms with Crippen molar-refractivity contribution >= 4 is 28.0 Å². The molecule has 0 bridgehead atoms. The minimum Gasteiger partial charge on any atom is -0.467 e. The van der Waals surface area contributed by atoms with Crippen molar-refractivity contribution in [3.8, 4) is 0 Å². The van der Waals surface area contributed by atoms with Gasteiger partial charge in [0.1, 0.15) is 17.2 Å². The van der Waals surface area contributed by atoms with E-state index in [2.05, 4.69) is 15.9 Å². The zero-order valence-electron chi connectivity index (χ0n) is 16.1. The summed E-state index contributed by atoms with van der Waals surface area (Å²) in [6.07, 6.45) is -0.253. The van der Waals surface area contributed by atoms with E-state index >= 15 is 0 Å². The molecular formula is C19H26BrNO5. The van der Waals surface area contributed by atoms with Crippen LogP contribution in [0.2, 0.25) is 0 Å². The van der Waals surface area contributed by atoms with Crippen molar-refractivity contribution in [2.75, 3.05) is 20.8 Å². The molecule has 26 heavy (non-hydrogen) atoms. The van der Waals surface area contributed by atoms with Gasteiger partial charge in [-0.1, -0.05) is 28.1 Å². The standard InChI is InChI=1S/C19H26BrNO5/c1-12-9-13(7-8-14(12)20)19(25-6)10-15(16(22)24-5)21(11-19)17(23)26-18(2,3)4/h7-9,15H,10-11H2,1-6H3/t15-,19-/m0/s1. The van der Waals surface area contributed by atoms with Gasteiger partial charge in [0, 0.05) is 18.0 Å². The number of ether oxygens (including phenoxy) is 3. The Balaban J connectivity index is 2.42. The number of amides is 1. The van der Waals surface area contributed by atoms with Gasteiger partial charge in [0.15, 0.2) is 0 Å². The summed E-state index contributed by atoms with van der Waals surface area (Å²) in [5, 5.41) is 0. The van der Waals surface area contributed by atoms with Gasteiger partial charge in [0.2, 0.25) is 0 Å². The number of benzene rings is 1. The molecule has 0 spiro atoms. The molecule has 0 radical (unpaired) electrons. The van der Waals surface area contributed by atoms with Crippen LogP contribution < -0.4 is 0 Å². The highest BCUT2D eigenvalue weighted by Crippen LogP contribution is 2.41. The zero-order chi connectivity index (χ0) is 19.7. The number of halogens is 1. The van der Waals surface area contributed by atoms with E-state index in [1.165, 1.54) is 12.0 Å². The molecule has 1 heterocycles. The van der Waals surface area contributed by atoms with Crippen molar-refractivity contribution in [1.82, 2.24) is 4.90 Å². The number of aryl methyl sites for hydroxylation is 1. The number of hydrogen-bond acceptors (Lipinski definition) is 5. The Kier molecular flexibility index (Phi) is 6.02. The third kappa shape index (κ3) is 4.20. The number of nitrogens with zero attached hydrogens (tertiary/aromatic N) is 1. The Labute approximate surface area is 162 Å². The van der Waals surface area contributed by atoms with E-state index in [0.717, 1.165) is 15.6 Å². The van der Waals surface area contributed by atoms with Crippen LogP contribution in [-0.4, -0.2) is 49.4 Å². The number of methoxy groups -OCH3 is 2. The minimum atomic E-state index is -0.804. The molecule has 0 N–H and O–H groups in total. The number of rotatable bonds is 3. The summed E-state index contributed by atoms with van der Waals surface area (Å²) < 4.78 is 17.2. The van der Waals surface area contributed by atoms with E-state index in [1.807, 2.05) is 25.1 Å². The predicted octanol–water partition coefficient (Wildman–Crippen LogP) is 3.78. The number of carbonyl (C=O) groups excluding carboxylic acids is 2. The molecule has 0 aromatic heterocycles. The zero-order valence-corrected chi connectivity index (χ0v) is 17.7. The molecule has 1 fully saturated rings. The number of carbonyl (C=O) groups is 2. The smallest absolute Gasteiger partial charge is 0.411 e. The fraction of sp³-hybridized carbons (Fsp3) is 0.579. The molecule has 6 nitrogen and oxygen atoms in total. The first-order valence-corrected chi connectivity index (χ1v) is 9.21. The fourth-order valence-electron chi connectivity index (χ4n) is 3.13. The summed E-state index contributed by atoms with van der Waals surface area (Å²) in [6.45, 7) is 7.55. The number of esters is 1. The van der Waals surface area contributed by atoms with Gasteiger partial charge in [0.25, 0.3) is 0 Å². The van der Waals surface area contributed by atoms with Crippen LogP contribution in [-0.2, 0) is 24.6 Å². The summed E-state index contributed by atoms with van der Waals surface area (Å²) in [5.74, 6) is -0.483. The average molecular weight is 428 g/mol. The molecule has 1 aromatic carbocycles. The van der Waals surface area contributed by atoms with Crippen molar-refractivity contribution in [3.05, 3.63) is 33.8 Å². The van der Waals surface area contributed by atoms with Crippen LogP contribution in [0, 0.1) is 6.92 Å². The third-order valence-electron chi connectivity index (χ3n) is 4.50. The second-order valence-corrected chi connectivity index (χ2v) is 8.37. The van der Waals surface area contributed by atoms with Crippen LogP contribution in [0.4, 0.5) is 4.79 Å². The third-order valence-corrected chi connectivity index (χ3v) is 5.39. The van der Waals surface area contributed by atoms with E-state index < -0.39 is 29.3 Å². The lowest BCUT2D eigenvalue weighted by molar-refractivity contribution is -0.145. The molecule has 2 rings (SSSR count). The average Bonchev–Trinajstić information content (AvgIpc) is 2.96. The Hall–Kier alpha value is -1.60. The van der Waals surface area contributed by atoms with E-state index in [4.69, 9.17) is 14.2 Å². The maximum absolute atomic E-state index is 12.7. The van der Waals surface area contributed by atoms with E-state index in [-0.39, 0.29) is 6.54 Å². The summed E-state index contributed by atoms with van der Waals surface area (Å²) in [5.41, 5.74) is 0.482. The summed E-state index contributed by atoms with van der Waals surface area (Å²) in [7, 11) is 2.90. The van der Waals surface area contributed by atoms with Gasteiger partial charge in [0.05, 0.1) is 13.7 Å². The highest BCUT2D eigenvalue weighted by molar-refractivity contribution is 9.10. The van der Waals surface area contributed by atoms with Crippen LogP contribution in [0.1, 0.15) is 38.3 Å². The molecule has 1 aromatic rings. The van der Waals surface area contributed by atoms with Crippen LogP contribution in [0.5, 0.6) is 0 Å². The molecule has 2 atom stereocenters. The first-order chi connectivity index (χ1) is 12.0. The predicted molar refractivity (Wildman–Crippen MR) is 101 cm³/mol. The molecule has 1 aliphatic heterocycles. The van der Waals surface area contributed by atoms with Gasteiger partial charge in [-0.25, -0.2) is 9.59 Å². The fourth-order valence-corrected chi connectivity index (χ4v) is 3.38. The van der Waals surface area contributed by atoms with Gasteiger partial charge in [-0.15, -0.1) is 0 Å². The monoisotopic (exact) mass is 427 g/mol. The number of likely N-dealkylation sites (tertiary alicyclic amines) is 1. The topological polar surface area (TPSA) is 65.1 Å². The minimum absolute atomic E-state index is 0.208. The lowest BCUT2D eigenvalue weighted by Gasteiger charge is -2.30. The molecule has 144 valence electrons. The molecule has 1 amide bonds. The molecular weight excluding hydrogens is 402 g/mol. The summed E-state index contributed by atoms with van der Waals surface area (Å²) >= 11 is 3.49. The van der Waals surface area contributed by atoms with Crippen LogP contribution >= 0.6 is 15.9 Å². The second-order valence-electron chi connectivity index (χ2n) is 7.51. The van der Waals surface area contributed by atoms with E-state index in [1.54, 1.807) is 27.9 Å². The molecule has 1 aliphatic rings. The molecule has 7 heteroatoms. The Morgan fingerprint density at radius 1 is 1.27 bits per heavy atom. The van der Waals surface area contributed by atoms with Crippen molar-refractivity contribution < 1.29 is 23.8 Å². The summed E-state index contributed by atoms with van der Waals surface area (Å²) in [4.78, 5) is 26.4. The van der Waals surface area contributed by atoms with Crippen molar-refractivity contribution in [3.63, 3.8) is 0 Å². The highest BCUT2D eigenvalue weighted by atomic mass is 79.9. The Morgan fingerprint density at radius 2 is 1.92 bits per heavy atom. The molecule has 0 unspecified atom stereocenters. The SMILES string of the molecule is COC(=O)[C@@H]1C[C@@](OC)(c2ccc(Br)c(C)c2)CN1C(=O)OC(C)(C)C. The lowest BCUT2D eigenvalue weighted by atomic mass is 9.90. The number of hydrogen-bond donors (Lipinski definition) is 0. The normalized spacial score (nSPS) is 23.0. The Bertz CT molecular complexity index is 700. The van der Waals surface area contributed by atoms with Crippen LogP contribution in [0.15, 0.2) is 22.7 Å².